The average molecular weight is 234 g/mol. The first-order valence-electron chi connectivity index (χ1n) is 6.33. The van der Waals surface area contributed by atoms with Gasteiger partial charge in [-0.1, -0.05) is 12.1 Å². The van der Waals surface area contributed by atoms with E-state index in [0.717, 1.165) is 12.3 Å². The van der Waals surface area contributed by atoms with Crippen molar-refractivity contribution in [1.29, 1.82) is 0 Å². The van der Waals surface area contributed by atoms with E-state index in [4.69, 9.17) is 4.74 Å². The third-order valence-electron chi connectivity index (χ3n) is 3.45. The summed E-state index contributed by atoms with van der Waals surface area (Å²) in [4.78, 5) is 2.39. The Morgan fingerprint density at radius 2 is 2.12 bits per heavy atom. The summed E-state index contributed by atoms with van der Waals surface area (Å²) in [6.45, 7) is 3.34. The van der Waals surface area contributed by atoms with E-state index in [1.165, 1.54) is 31.5 Å². The van der Waals surface area contributed by atoms with E-state index in [1.54, 1.807) is 7.11 Å². The zero-order valence-electron chi connectivity index (χ0n) is 10.8. The first kappa shape index (κ1) is 12.4. The van der Waals surface area contributed by atoms with Gasteiger partial charge < -0.3 is 15.0 Å². The Morgan fingerprint density at radius 3 is 2.82 bits per heavy atom. The number of likely N-dealkylation sites (tertiary alicyclic amines) is 1. The van der Waals surface area contributed by atoms with Crippen LogP contribution in [0.25, 0.3) is 0 Å². The van der Waals surface area contributed by atoms with E-state index in [2.05, 4.69) is 29.4 Å². The lowest BCUT2D eigenvalue weighted by Gasteiger charge is -2.29. The average Bonchev–Trinajstić information content (AvgIpc) is 2.38. The van der Waals surface area contributed by atoms with Crippen molar-refractivity contribution in [2.75, 3.05) is 27.2 Å². The second kappa shape index (κ2) is 6.03. The van der Waals surface area contributed by atoms with E-state index >= 15 is 0 Å². The number of benzene rings is 1. The van der Waals surface area contributed by atoms with Gasteiger partial charge >= 0.3 is 0 Å². The molecule has 0 atom stereocenters. The Hall–Kier alpha value is -1.06. The summed E-state index contributed by atoms with van der Waals surface area (Å²) in [6.07, 6.45) is 2.50. The predicted octanol–water partition coefficient (Wildman–Crippen LogP) is 1.88. The highest BCUT2D eigenvalue weighted by atomic mass is 16.5. The summed E-state index contributed by atoms with van der Waals surface area (Å²) in [6, 6.07) is 8.94. The number of nitrogens with zero attached hydrogens (tertiary/aromatic N) is 1. The van der Waals surface area contributed by atoms with Gasteiger partial charge in [0.25, 0.3) is 0 Å². The van der Waals surface area contributed by atoms with Gasteiger partial charge in [-0.3, -0.25) is 0 Å². The van der Waals surface area contributed by atoms with Crippen LogP contribution >= 0.6 is 0 Å². The summed E-state index contributed by atoms with van der Waals surface area (Å²) in [5, 5.41) is 3.63. The molecular formula is C14H22N2O. The highest BCUT2D eigenvalue weighted by molar-refractivity contribution is 5.28. The highest BCUT2D eigenvalue weighted by Gasteiger charge is 2.15. The minimum absolute atomic E-state index is 0.664. The molecule has 2 rings (SSSR count). The number of nitrogens with one attached hydrogen (secondary N) is 1. The van der Waals surface area contributed by atoms with Crippen LogP contribution in [0.1, 0.15) is 18.4 Å². The van der Waals surface area contributed by atoms with Gasteiger partial charge in [-0.2, -0.15) is 0 Å². The zero-order valence-corrected chi connectivity index (χ0v) is 10.8. The molecule has 94 valence electrons. The Kier molecular flexibility index (Phi) is 4.40. The predicted molar refractivity (Wildman–Crippen MR) is 70.4 cm³/mol. The minimum Gasteiger partial charge on any atom is -0.497 e. The summed E-state index contributed by atoms with van der Waals surface area (Å²) < 4.78 is 5.23. The van der Waals surface area contributed by atoms with Crippen molar-refractivity contribution in [1.82, 2.24) is 10.2 Å². The van der Waals surface area contributed by atoms with Crippen LogP contribution in [0, 0.1) is 0 Å². The number of methoxy groups -OCH3 is 1. The second-order valence-electron chi connectivity index (χ2n) is 4.81. The molecule has 3 heteroatoms. The van der Waals surface area contributed by atoms with E-state index in [9.17, 15) is 0 Å². The SMILES string of the molecule is COc1cccc(CNC2CCN(C)CC2)c1. The molecule has 0 radical (unpaired) electrons. The molecule has 1 aromatic carbocycles. The maximum atomic E-state index is 5.23. The summed E-state index contributed by atoms with van der Waals surface area (Å²) in [5.74, 6) is 0.938. The van der Waals surface area contributed by atoms with Crippen LogP contribution in [-0.2, 0) is 6.54 Å². The molecule has 1 N–H and O–H groups in total. The fourth-order valence-electron chi connectivity index (χ4n) is 2.26. The maximum Gasteiger partial charge on any atom is 0.119 e. The topological polar surface area (TPSA) is 24.5 Å². The maximum absolute atomic E-state index is 5.23. The molecule has 0 aromatic heterocycles. The summed E-state index contributed by atoms with van der Waals surface area (Å²) in [7, 11) is 3.90. The van der Waals surface area contributed by atoms with Crippen molar-refractivity contribution in [3.05, 3.63) is 29.8 Å². The molecule has 17 heavy (non-hydrogen) atoms. The highest BCUT2D eigenvalue weighted by Crippen LogP contribution is 2.14. The van der Waals surface area contributed by atoms with Gasteiger partial charge in [0.2, 0.25) is 0 Å². The minimum atomic E-state index is 0.664. The Labute approximate surface area is 104 Å². The molecule has 1 aliphatic rings. The van der Waals surface area contributed by atoms with Crippen LogP contribution in [-0.4, -0.2) is 38.2 Å². The lowest BCUT2D eigenvalue weighted by molar-refractivity contribution is 0.234. The lowest BCUT2D eigenvalue weighted by Crippen LogP contribution is -2.40. The van der Waals surface area contributed by atoms with Crippen LogP contribution < -0.4 is 10.1 Å². The van der Waals surface area contributed by atoms with Crippen LogP contribution in [0.4, 0.5) is 0 Å². The monoisotopic (exact) mass is 234 g/mol. The van der Waals surface area contributed by atoms with Gasteiger partial charge in [0.1, 0.15) is 5.75 Å². The fraction of sp³-hybridized carbons (Fsp3) is 0.571. The lowest BCUT2D eigenvalue weighted by atomic mass is 10.1. The number of hydrogen-bond donors (Lipinski definition) is 1. The van der Waals surface area contributed by atoms with Crippen molar-refractivity contribution in [2.24, 2.45) is 0 Å². The Bertz CT molecular complexity index is 346. The van der Waals surface area contributed by atoms with Gasteiger partial charge in [0, 0.05) is 12.6 Å². The molecule has 1 saturated heterocycles. The standard InChI is InChI=1S/C14H22N2O/c1-16-8-6-13(7-9-16)15-11-12-4-3-5-14(10-12)17-2/h3-5,10,13,15H,6-9,11H2,1-2H3. The molecule has 3 nitrogen and oxygen atoms in total. The van der Waals surface area contributed by atoms with Crippen LogP contribution in [0.5, 0.6) is 5.75 Å². The first-order chi connectivity index (χ1) is 8.28. The summed E-state index contributed by atoms with van der Waals surface area (Å²) >= 11 is 0. The molecule has 0 amide bonds. The van der Waals surface area contributed by atoms with Crippen molar-refractivity contribution in [3.63, 3.8) is 0 Å². The third-order valence-corrected chi connectivity index (χ3v) is 3.45. The van der Waals surface area contributed by atoms with Crippen molar-refractivity contribution in [2.45, 2.75) is 25.4 Å². The molecule has 1 fully saturated rings. The molecule has 0 bridgehead atoms. The molecule has 0 aliphatic carbocycles. The van der Waals surface area contributed by atoms with E-state index in [1.807, 2.05) is 12.1 Å². The fourth-order valence-corrected chi connectivity index (χ4v) is 2.26. The molecule has 0 spiro atoms. The third kappa shape index (κ3) is 3.72. The molecule has 0 unspecified atom stereocenters. The quantitative estimate of drug-likeness (QED) is 0.861. The summed E-state index contributed by atoms with van der Waals surface area (Å²) in [5.41, 5.74) is 1.29. The molecule has 1 aliphatic heterocycles. The second-order valence-corrected chi connectivity index (χ2v) is 4.81. The Morgan fingerprint density at radius 1 is 1.35 bits per heavy atom. The van der Waals surface area contributed by atoms with Gasteiger partial charge in [-0.05, 0) is 50.7 Å². The van der Waals surface area contributed by atoms with E-state index in [0.29, 0.717) is 6.04 Å². The van der Waals surface area contributed by atoms with Gasteiger partial charge in [-0.15, -0.1) is 0 Å². The van der Waals surface area contributed by atoms with E-state index < -0.39 is 0 Å². The number of ether oxygens (including phenoxy) is 1. The van der Waals surface area contributed by atoms with Gasteiger partial charge in [0.15, 0.2) is 0 Å². The number of piperidine rings is 1. The number of hydrogen-bond acceptors (Lipinski definition) is 3. The van der Waals surface area contributed by atoms with Crippen LogP contribution in [0.3, 0.4) is 0 Å². The van der Waals surface area contributed by atoms with Crippen LogP contribution in [0.2, 0.25) is 0 Å². The Balaban J connectivity index is 1.81. The first-order valence-corrected chi connectivity index (χ1v) is 6.33. The zero-order chi connectivity index (χ0) is 12.1. The van der Waals surface area contributed by atoms with Crippen LogP contribution in [0.15, 0.2) is 24.3 Å². The molecule has 1 heterocycles. The van der Waals surface area contributed by atoms with Gasteiger partial charge in [0.05, 0.1) is 7.11 Å². The van der Waals surface area contributed by atoms with Crippen molar-refractivity contribution >= 4 is 0 Å². The largest absolute Gasteiger partial charge is 0.497 e. The van der Waals surface area contributed by atoms with Crippen molar-refractivity contribution in [3.8, 4) is 5.75 Å². The van der Waals surface area contributed by atoms with Crippen molar-refractivity contribution < 1.29 is 4.74 Å². The number of rotatable bonds is 4. The molecule has 1 aromatic rings. The van der Waals surface area contributed by atoms with E-state index in [-0.39, 0.29) is 0 Å². The normalized spacial score (nSPS) is 18.2. The molecule has 0 saturated carbocycles. The molecular weight excluding hydrogens is 212 g/mol. The van der Waals surface area contributed by atoms with Gasteiger partial charge in [-0.25, -0.2) is 0 Å². The smallest absolute Gasteiger partial charge is 0.119 e.